The van der Waals surface area contributed by atoms with E-state index < -0.39 is 5.91 Å². The molecule has 0 bridgehead atoms. The predicted octanol–water partition coefficient (Wildman–Crippen LogP) is 2.79. The van der Waals surface area contributed by atoms with Crippen LogP contribution in [0, 0.1) is 0 Å². The van der Waals surface area contributed by atoms with Gasteiger partial charge in [-0.25, -0.2) is 0 Å². The molecule has 118 valence electrons. The number of ether oxygens (including phenoxy) is 1. The van der Waals surface area contributed by atoms with Gasteiger partial charge in [-0.15, -0.1) is 11.3 Å². The van der Waals surface area contributed by atoms with E-state index in [1.165, 1.54) is 17.4 Å². The molecule has 6 heteroatoms. The molecule has 5 nitrogen and oxygen atoms in total. The number of nitrogens with one attached hydrogen (secondary N) is 2. The van der Waals surface area contributed by atoms with Gasteiger partial charge in [-0.2, -0.15) is 0 Å². The minimum atomic E-state index is -0.415. The first kappa shape index (κ1) is 16.5. The third-order valence-electron chi connectivity index (χ3n) is 2.72. The molecule has 0 atom stereocenters. The van der Waals surface area contributed by atoms with Gasteiger partial charge in [-0.05, 0) is 35.2 Å². The van der Waals surface area contributed by atoms with Gasteiger partial charge in [0.05, 0.1) is 4.88 Å². The van der Waals surface area contributed by atoms with Gasteiger partial charge in [-0.1, -0.05) is 30.9 Å². The molecule has 0 aliphatic rings. The molecule has 2 aromatic rings. The quantitative estimate of drug-likeness (QED) is 0.487. The van der Waals surface area contributed by atoms with Crippen LogP contribution in [-0.4, -0.2) is 18.4 Å². The highest BCUT2D eigenvalue weighted by Gasteiger charge is 2.06. The molecular weight excluding hydrogens is 312 g/mol. The Hall–Kier alpha value is -2.86. The zero-order valence-corrected chi connectivity index (χ0v) is 13.1. The summed E-state index contributed by atoms with van der Waals surface area (Å²) in [5.41, 5.74) is 5.51. The van der Waals surface area contributed by atoms with Crippen LogP contribution >= 0.6 is 11.3 Å². The van der Waals surface area contributed by atoms with Crippen molar-refractivity contribution in [2.75, 3.05) is 6.61 Å². The molecule has 2 rings (SSSR count). The van der Waals surface area contributed by atoms with Gasteiger partial charge in [-0.3, -0.25) is 20.4 Å². The number of benzene rings is 1. The van der Waals surface area contributed by atoms with E-state index in [1.807, 2.05) is 12.1 Å². The second kappa shape index (κ2) is 8.55. The van der Waals surface area contributed by atoms with Crippen molar-refractivity contribution >= 4 is 29.2 Å². The second-order valence-electron chi connectivity index (χ2n) is 4.42. The first-order chi connectivity index (χ1) is 11.2. The summed E-state index contributed by atoms with van der Waals surface area (Å²) in [4.78, 5) is 23.8. The SMILES string of the molecule is C=CCOc1ccc(/C=C/C(=O)NNC(=O)c2cccs2)cc1. The summed E-state index contributed by atoms with van der Waals surface area (Å²) in [6, 6.07) is 10.7. The Labute approximate surface area is 138 Å². The van der Waals surface area contributed by atoms with E-state index in [0.29, 0.717) is 11.5 Å². The van der Waals surface area contributed by atoms with Crippen LogP contribution in [0.3, 0.4) is 0 Å². The van der Waals surface area contributed by atoms with Crippen molar-refractivity contribution in [3.63, 3.8) is 0 Å². The Morgan fingerprint density at radius 3 is 2.61 bits per heavy atom. The number of hydrogen-bond donors (Lipinski definition) is 2. The number of rotatable bonds is 6. The van der Waals surface area contributed by atoms with Gasteiger partial charge < -0.3 is 4.74 Å². The smallest absolute Gasteiger partial charge is 0.279 e. The summed E-state index contributed by atoms with van der Waals surface area (Å²) in [6.07, 6.45) is 4.65. The van der Waals surface area contributed by atoms with Crippen LogP contribution in [0.1, 0.15) is 15.2 Å². The highest BCUT2D eigenvalue weighted by atomic mass is 32.1. The van der Waals surface area contributed by atoms with E-state index in [1.54, 1.807) is 41.8 Å². The third-order valence-corrected chi connectivity index (χ3v) is 3.59. The molecule has 1 aromatic carbocycles. The molecular formula is C17H16N2O3S. The molecule has 1 aromatic heterocycles. The van der Waals surface area contributed by atoms with Crippen LogP contribution in [0.25, 0.3) is 6.08 Å². The van der Waals surface area contributed by atoms with Crippen LogP contribution in [0.15, 0.2) is 60.5 Å². The molecule has 0 saturated heterocycles. The van der Waals surface area contributed by atoms with Crippen molar-refractivity contribution in [2.45, 2.75) is 0 Å². The maximum absolute atomic E-state index is 11.7. The predicted molar refractivity (Wildman–Crippen MR) is 91.1 cm³/mol. The maximum atomic E-state index is 11.7. The molecule has 0 aliphatic heterocycles. The lowest BCUT2D eigenvalue weighted by Gasteiger charge is -2.04. The Bertz CT molecular complexity index is 691. The highest BCUT2D eigenvalue weighted by Crippen LogP contribution is 2.13. The average molecular weight is 328 g/mol. The normalized spacial score (nSPS) is 10.3. The van der Waals surface area contributed by atoms with Crippen molar-refractivity contribution in [2.24, 2.45) is 0 Å². The molecule has 2 amide bonds. The summed E-state index contributed by atoms with van der Waals surface area (Å²) in [7, 11) is 0. The number of hydrazine groups is 1. The fourth-order valence-electron chi connectivity index (χ4n) is 1.63. The molecule has 0 unspecified atom stereocenters. The van der Waals surface area contributed by atoms with Gasteiger partial charge in [0.2, 0.25) is 0 Å². The summed E-state index contributed by atoms with van der Waals surface area (Å²) in [5, 5.41) is 1.79. The minimum Gasteiger partial charge on any atom is -0.490 e. The van der Waals surface area contributed by atoms with Crippen LogP contribution in [-0.2, 0) is 4.79 Å². The molecule has 23 heavy (non-hydrogen) atoms. The van der Waals surface area contributed by atoms with Gasteiger partial charge in [0.25, 0.3) is 11.8 Å². The summed E-state index contributed by atoms with van der Waals surface area (Å²) >= 11 is 1.30. The largest absolute Gasteiger partial charge is 0.490 e. The molecule has 0 aliphatic carbocycles. The molecule has 0 fully saturated rings. The summed E-state index contributed by atoms with van der Waals surface area (Å²) in [5.74, 6) is -0.0259. The van der Waals surface area contributed by atoms with E-state index >= 15 is 0 Å². The van der Waals surface area contributed by atoms with Gasteiger partial charge >= 0.3 is 0 Å². The van der Waals surface area contributed by atoms with Crippen molar-refractivity contribution in [3.05, 3.63) is 70.9 Å². The number of carbonyl (C=O) groups excluding carboxylic acids is 2. The fourth-order valence-corrected chi connectivity index (χ4v) is 2.25. The molecule has 0 spiro atoms. The van der Waals surface area contributed by atoms with Crippen LogP contribution in [0.2, 0.25) is 0 Å². The Balaban J connectivity index is 1.81. The number of amides is 2. The molecule has 0 radical (unpaired) electrons. The summed E-state index contributed by atoms with van der Waals surface area (Å²) < 4.78 is 5.37. The molecule has 0 saturated carbocycles. The van der Waals surface area contributed by atoms with Crippen molar-refractivity contribution in [1.29, 1.82) is 0 Å². The Kier molecular flexibility index (Phi) is 6.14. The van der Waals surface area contributed by atoms with Crippen LogP contribution < -0.4 is 15.6 Å². The maximum Gasteiger partial charge on any atom is 0.279 e. The zero-order valence-electron chi connectivity index (χ0n) is 12.3. The number of hydrogen-bond acceptors (Lipinski definition) is 4. The first-order valence-electron chi connectivity index (χ1n) is 6.84. The third kappa shape index (κ3) is 5.44. The fraction of sp³-hybridized carbons (Fsp3) is 0.0588. The Morgan fingerprint density at radius 1 is 1.17 bits per heavy atom. The standard InChI is InChI=1S/C17H16N2O3S/c1-2-11-22-14-8-5-13(6-9-14)7-10-16(20)18-19-17(21)15-4-3-12-23-15/h2-10,12H,1,11H2,(H,18,20)(H,19,21)/b10-7+. The topological polar surface area (TPSA) is 67.4 Å². The number of carbonyl (C=O) groups is 2. The number of thiophene rings is 1. The van der Waals surface area contributed by atoms with Crippen molar-refractivity contribution in [1.82, 2.24) is 10.9 Å². The van der Waals surface area contributed by atoms with Crippen LogP contribution in [0.4, 0.5) is 0 Å². The van der Waals surface area contributed by atoms with Gasteiger partial charge in [0.1, 0.15) is 12.4 Å². The van der Waals surface area contributed by atoms with Crippen molar-refractivity contribution < 1.29 is 14.3 Å². The zero-order chi connectivity index (χ0) is 16.5. The minimum absolute atomic E-state index is 0.342. The highest BCUT2D eigenvalue weighted by molar-refractivity contribution is 7.12. The lowest BCUT2D eigenvalue weighted by molar-refractivity contribution is -0.117. The monoisotopic (exact) mass is 328 g/mol. The van der Waals surface area contributed by atoms with Crippen LogP contribution in [0.5, 0.6) is 5.75 Å². The van der Waals surface area contributed by atoms with E-state index in [-0.39, 0.29) is 5.91 Å². The lowest BCUT2D eigenvalue weighted by Crippen LogP contribution is -2.40. The summed E-state index contributed by atoms with van der Waals surface area (Å²) in [6.45, 7) is 4.02. The lowest BCUT2D eigenvalue weighted by atomic mass is 10.2. The van der Waals surface area contributed by atoms with E-state index in [4.69, 9.17) is 4.74 Å². The average Bonchev–Trinajstić information content (AvgIpc) is 3.11. The van der Waals surface area contributed by atoms with E-state index in [0.717, 1.165) is 11.3 Å². The van der Waals surface area contributed by atoms with Gasteiger partial charge in [0, 0.05) is 6.08 Å². The second-order valence-corrected chi connectivity index (χ2v) is 5.37. The molecule has 2 N–H and O–H groups in total. The van der Waals surface area contributed by atoms with Gasteiger partial charge in [0.15, 0.2) is 0 Å². The first-order valence-corrected chi connectivity index (χ1v) is 7.72. The Morgan fingerprint density at radius 2 is 1.96 bits per heavy atom. The van der Waals surface area contributed by atoms with Crippen molar-refractivity contribution in [3.8, 4) is 5.75 Å². The molecule has 1 heterocycles. The van der Waals surface area contributed by atoms with E-state index in [2.05, 4.69) is 17.4 Å². The van der Waals surface area contributed by atoms with E-state index in [9.17, 15) is 9.59 Å².